The second kappa shape index (κ2) is 5.59. The minimum Gasteiger partial charge on any atom is -0.420 e. The van der Waals surface area contributed by atoms with Gasteiger partial charge in [0.25, 0.3) is 5.89 Å². The first kappa shape index (κ1) is 13.7. The zero-order valence-corrected chi connectivity index (χ0v) is 12.1. The van der Waals surface area contributed by atoms with Crippen LogP contribution in [0.1, 0.15) is 37.3 Å². The van der Waals surface area contributed by atoms with Gasteiger partial charge in [-0.05, 0) is 19.8 Å². The molecule has 3 heterocycles. The van der Waals surface area contributed by atoms with Crippen LogP contribution in [0.2, 0.25) is 0 Å². The summed E-state index contributed by atoms with van der Waals surface area (Å²) in [6.07, 6.45) is 4.88. The molecule has 1 fully saturated rings. The summed E-state index contributed by atoms with van der Waals surface area (Å²) in [5.74, 6) is 1.43. The number of piperidine rings is 1. The molecule has 3 rings (SSSR count). The average Bonchev–Trinajstić information content (AvgIpc) is 2.97. The van der Waals surface area contributed by atoms with Crippen molar-refractivity contribution in [3.63, 3.8) is 0 Å². The number of aryl methyl sites for hydroxylation is 1. The van der Waals surface area contributed by atoms with E-state index in [1.807, 2.05) is 11.8 Å². The van der Waals surface area contributed by atoms with E-state index in [-0.39, 0.29) is 11.8 Å². The van der Waals surface area contributed by atoms with Crippen LogP contribution in [-0.4, -0.2) is 44.1 Å². The quantitative estimate of drug-likeness (QED) is 0.833. The van der Waals surface area contributed by atoms with Crippen LogP contribution in [-0.2, 0) is 4.79 Å². The second-order valence-corrected chi connectivity index (χ2v) is 5.25. The van der Waals surface area contributed by atoms with Crippen molar-refractivity contribution in [1.82, 2.24) is 25.1 Å². The highest BCUT2D eigenvalue weighted by molar-refractivity contribution is 5.73. The third-order valence-corrected chi connectivity index (χ3v) is 3.87. The topological polar surface area (TPSA) is 85.0 Å². The Morgan fingerprint density at radius 1 is 1.33 bits per heavy atom. The van der Waals surface area contributed by atoms with Gasteiger partial charge in [-0.15, -0.1) is 10.2 Å². The third kappa shape index (κ3) is 2.76. The van der Waals surface area contributed by atoms with Crippen molar-refractivity contribution in [2.75, 3.05) is 13.1 Å². The molecule has 0 unspecified atom stereocenters. The normalized spacial score (nSPS) is 16.2. The number of hydrogen-bond donors (Lipinski definition) is 0. The van der Waals surface area contributed by atoms with Crippen molar-refractivity contribution in [3.8, 4) is 11.5 Å². The number of hydrogen-bond acceptors (Lipinski definition) is 6. The van der Waals surface area contributed by atoms with Crippen LogP contribution < -0.4 is 0 Å². The highest BCUT2D eigenvalue weighted by atomic mass is 16.4. The molecule has 7 nitrogen and oxygen atoms in total. The molecule has 1 aliphatic heterocycles. The van der Waals surface area contributed by atoms with Gasteiger partial charge in [0.05, 0.1) is 11.3 Å². The Kier molecular flexibility index (Phi) is 3.64. The number of carbonyl (C=O) groups is 1. The molecule has 7 heteroatoms. The van der Waals surface area contributed by atoms with Crippen molar-refractivity contribution < 1.29 is 9.21 Å². The highest BCUT2D eigenvalue weighted by Gasteiger charge is 2.26. The van der Waals surface area contributed by atoms with E-state index in [4.69, 9.17) is 4.42 Å². The van der Waals surface area contributed by atoms with Gasteiger partial charge in [-0.25, -0.2) is 9.97 Å². The van der Waals surface area contributed by atoms with Gasteiger partial charge in [0.2, 0.25) is 11.8 Å². The van der Waals surface area contributed by atoms with E-state index in [0.29, 0.717) is 11.8 Å². The molecule has 2 aromatic heterocycles. The Labute approximate surface area is 122 Å². The molecule has 2 aromatic rings. The molecule has 1 amide bonds. The fourth-order valence-electron chi connectivity index (χ4n) is 2.55. The number of amides is 1. The minimum absolute atomic E-state index is 0.122. The Bertz CT molecular complexity index is 646. The number of carbonyl (C=O) groups excluding carboxylic acids is 1. The highest BCUT2D eigenvalue weighted by Crippen LogP contribution is 2.29. The van der Waals surface area contributed by atoms with Crippen LogP contribution >= 0.6 is 0 Å². The summed E-state index contributed by atoms with van der Waals surface area (Å²) in [6.45, 7) is 4.96. The van der Waals surface area contributed by atoms with Gasteiger partial charge in [-0.2, -0.15) is 0 Å². The van der Waals surface area contributed by atoms with Crippen LogP contribution in [0.15, 0.2) is 16.9 Å². The first-order valence-corrected chi connectivity index (χ1v) is 7.01. The molecule has 110 valence electrons. The summed E-state index contributed by atoms with van der Waals surface area (Å²) < 4.78 is 5.78. The summed E-state index contributed by atoms with van der Waals surface area (Å²) in [5, 5.41) is 8.25. The van der Waals surface area contributed by atoms with Gasteiger partial charge >= 0.3 is 0 Å². The predicted octanol–water partition coefficient (Wildman–Crippen LogP) is 1.56. The van der Waals surface area contributed by atoms with Gasteiger partial charge in [-0.1, -0.05) is 0 Å². The molecule has 0 atom stereocenters. The van der Waals surface area contributed by atoms with Crippen LogP contribution in [0.4, 0.5) is 0 Å². The fraction of sp³-hybridized carbons (Fsp3) is 0.500. The number of likely N-dealkylation sites (tertiary alicyclic amines) is 1. The summed E-state index contributed by atoms with van der Waals surface area (Å²) in [5.41, 5.74) is 1.57. The second-order valence-electron chi connectivity index (χ2n) is 5.25. The molecule has 0 bridgehead atoms. The van der Waals surface area contributed by atoms with Crippen molar-refractivity contribution in [3.05, 3.63) is 24.1 Å². The van der Waals surface area contributed by atoms with Crippen LogP contribution in [0.5, 0.6) is 0 Å². The van der Waals surface area contributed by atoms with Crippen LogP contribution in [0.25, 0.3) is 11.5 Å². The fourth-order valence-corrected chi connectivity index (χ4v) is 2.55. The maximum Gasteiger partial charge on any atom is 0.251 e. The van der Waals surface area contributed by atoms with E-state index in [0.717, 1.165) is 37.2 Å². The molecule has 0 N–H and O–H groups in total. The lowest BCUT2D eigenvalue weighted by Crippen LogP contribution is -2.36. The standard InChI is InChI=1S/C14H17N5O2/c1-9-12(7-15-8-16-9)14-18-17-13(21-14)11-3-5-19(6-4-11)10(2)20/h7-8,11H,3-6H2,1-2H3. The van der Waals surface area contributed by atoms with Gasteiger partial charge in [0.1, 0.15) is 6.33 Å². The Balaban J connectivity index is 1.74. The Morgan fingerprint density at radius 2 is 2.10 bits per heavy atom. The zero-order valence-electron chi connectivity index (χ0n) is 12.1. The van der Waals surface area contributed by atoms with Crippen molar-refractivity contribution in [1.29, 1.82) is 0 Å². The lowest BCUT2D eigenvalue weighted by Gasteiger charge is -2.29. The van der Waals surface area contributed by atoms with Crippen LogP contribution in [0, 0.1) is 6.92 Å². The van der Waals surface area contributed by atoms with E-state index < -0.39 is 0 Å². The minimum atomic E-state index is 0.122. The Morgan fingerprint density at radius 3 is 2.76 bits per heavy atom. The van der Waals surface area contributed by atoms with Crippen molar-refractivity contribution in [2.45, 2.75) is 32.6 Å². The molecule has 0 aliphatic carbocycles. The Hall–Kier alpha value is -2.31. The molecule has 0 radical (unpaired) electrons. The summed E-state index contributed by atoms with van der Waals surface area (Å²) in [7, 11) is 0. The number of rotatable bonds is 2. The largest absolute Gasteiger partial charge is 0.420 e. The monoisotopic (exact) mass is 287 g/mol. The summed E-state index contributed by atoms with van der Waals surface area (Å²) in [4.78, 5) is 21.3. The van der Waals surface area contributed by atoms with E-state index in [1.165, 1.54) is 6.33 Å². The van der Waals surface area contributed by atoms with E-state index in [2.05, 4.69) is 20.2 Å². The molecule has 1 saturated heterocycles. The number of nitrogens with zero attached hydrogens (tertiary/aromatic N) is 5. The number of aromatic nitrogens is 4. The first-order chi connectivity index (χ1) is 10.1. The smallest absolute Gasteiger partial charge is 0.251 e. The average molecular weight is 287 g/mol. The zero-order chi connectivity index (χ0) is 14.8. The van der Waals surface area contributed by atoms with E-state index in [1.54, 1.807) is 13.1 Å². The third-order valence-electron chi connectivity index (χ3n) is 3.87. The van der Waals surface area contributed by atoms with E-state index in [9.17, 15) is 4.79 Å². The lowest BCUT2D eigenvalue weighted by molar-refractivity contribution is -0.129. The predicted molar refractivity (Wildman–Crippen MR) is 74.3 cm³/mol. The maximum atomic E-state index is 11.3. The molecule has 0 aromatic carbocycles. The molecule has 1 aliphatic rings. The summed E-state index contributed by atoms with van der Waals surface area (Å²) >= 11 is 0. The van der Waals surface area contributed by atoms with E-state index >= 15 is 0 Å². The lowest BCUT2D eigenvalue weighted by atomic mass is 9.97. The van der Waals surface area contributed by atoms with Crippen LogP contribution in [0.3, 0.4) is 0 Å². The van der Waals surface area contributed by atoms with Crippen molar-refractivity contribution >= 4 is 5.91 Å². The summed E-state index contributed by atoms with van der Waals surface area (Å²) in [6, 6.07) is 0. The van der Waals surface area contributed by atoms with Gasteiger partial charge < -0.3 is 9.32 Å². The van der Waals surface area contributed by atoms with Gasteiger partial charge in [0.15, 0.2) is 0 Å². The molecular weight excluding hydrogens is 270 g/mol. The molecule has 0 saturated carbocycles. The molecule has 21 heavy (non-hydrogen) atoms. The first-order valence-electron chi connectivity index (χ1n) is 7.01. The molecule has 0 spiro atoms. The maximum absolute atomic E-state index is 11.3. The van der Waals surface area contributed by atoms with Crippen molar-refractivity contribution in [2.24, 2.45) is 0 Å². The molecular formula is C14H17N5O2. The van der Waals surface area contributed by atoms with Gasteiger partial charge in [0, 0.05) is 32.1 Å². The SMILES string of the molecule is CC(=O)N1CCC(c2nnc(-c3cncnc3C)o2)CC1. The van der Waals surface area contributed by atoms with Gasteiger partial charge in [-0.3, -0.25) is 4.79 Å².